The van der Waals surface area contributed by atoms with Crippen LogP contribution < -0.4 is 14.8 Å². The van der Waals surface area contributed by atoms with Gasteiger partial charge in [0.05, 0.1) is 22.7 Å². The highest BCUT2D eigenvalue weighted by molar-refractivity contribution is 7.92. The zero-order chi connectivity index (χ0) is 21.0. The van der Waals surface area contributed by atoms with E-state index in [-0.39, 0.29) is 10.5 Å². The van der Waals surface area contributed by atoms with Crippen molar-refractivity contribution in [3.05, 3.63) is 82.9 Å². The second-order valence-corrected chi connectivity index (χ2v) is 8.33. The van der Waals surface area contributed by atoms with Crippen molar-refractivity contribution in [3.8, 4) is 5.75 Å². The fourth-order valence-electron chi connectivity index (χ4n) is 2.64. The largest absolute Gasteiger partial charge is 0.497 e. The first-order valence-corrected chi connectivity index (χ1v) is 10.5. The van der Waals surface area contributed by atoms with Gasteiger partial charge in [-0.1, -0.05) is 29.8 Å². The van der Waals surface area contributed by atoms with E-state index in [0.29, 0.717) is 27.7 Å². The molecule has 3 aromatic carbocycles. The van der Waals surface area contributed by atoms with Gasteiger partial charge in [-0.3, -0.25) is 9.52 Å². The van der Waals surface area contributed by atoms with E-state index in [2.05, 4.69) is 10.0 Å². The first-order valence-electron chi connectivity index (χ1n) is 8.63. The third-order valence-corrected chi connectivity index (χ3v) is 5.94. The number of carbonyl (C=O) groups is 1. The second-order valence-electron chi connectivity index (χ2n) is 6.24. The van der Waals surface area contributed by atoms with Gasteiger partial charge in [-0.2, -0.15) is 0 Å². The van der Waals surface area contributed by atoms with Gasteiger partial charge in [0, 0.05) is 11.3 Å². The van der Waals surface area contributed by atoms with Crippen LogP contribution in [-0.2, 0) is 10.0 Å². The van der Waals surface area contributed by atoms with E-state index in [4.69, 9.17) is 16.3 Å². The van der Waals surface area contributed by atoms with Gasteiger partial charge < -0.3 is 10.1 Å². The Morgan fingerprint density at radius 2 is 1.69 bits per heavy atom. The average molecular weight is 431 g/mol. The van der Waals surface area contributed by atoms with Crippen LogP contribution in [-0.4, -0.2) is 21.4 Å². The zero-order valence-electron chi connectivity index (χ0n) is 15.8. The Morgan fingerprint density at radius 3 is 2.34 bits per heavy atom. The van der Waals surface area contributed by atoms with E-state index in [0.717, 1.165) is 0 Å². The molecule has 0 unspecified atom stereocenters. The summed E-state index contributed by atoms with van der Waals surface area (Å²) in [4.78, 5) is 12.7. The summed E-state index contributed by atoms with van der Waals surface area (Å²) in [6.45, 7) is 1.73. The summed E-state index contributed by atoms with van der Waals surface area (Å²) in [7, 11) is -2.36. The van der Waals surface area contributed by atoms with Crippen LogP contribution in [0.5, 0.6) is 5.75 Å². The highest BCUT2D eigenvalue weighted by Gasteiger charge is 2.19. The molecule has 0 atom stereocenters. The minimum absolute atomic E-state index is 0.0248. The summed E-state index contributed by atoms with van der Waals surface area (Å²) in [6.07, 6.45) is 0. The molecule has 0 spiro atoms. The van der Waals surface area contributed by atoms with Crippen molar-refractivity contribution < 1.29 is 17.9 Å². The minimum Gasteiger partial charge on any atom is -0.497 e. The molecule has 0 aliphatic carbocycles. The molecule has 0 aliphatic heterocycles. The van der Waals surface area contributed by atoms with E-state index in [1.807, 2.05) is 0 Å². The number of ether oxygens (including phenoxy) is 1. The summed E-state index contributed by atoms with van der Waals surface area (Å²) >= 11 is 6.08. The average Bonchev–Trinajstić information content (AvgIpc) is 2.70. The lowest BCUT2D eigenvalue weighted by Crippen LogP contribution is -2.17. The number of hydrogen-bond acceptors (Lipinski definition) is 4. The van der Waals surface area contributed by atoms with Gasteiger partial charge in [0.25, 0.3) is 15.9 Å². The Kier molecular flexibility index (Phi) is 6.10. The number of rotatable bonds is 6. The highest BCUT2D eigenvalue weighted by Crippen LogP contribution is 2.24. The lowest BCUT2D eigenvalue weighted by atomic mass is 10.1. The Bertz CT molecular complexity index is 1150. The molecular formula is C21H19ClN2O4S. The maximum Gasteiger partial charge on any atom is 0.261 e. The maximum absolute atomic E-state index is 12.8. The first-order chi connectivity index (χ1) is 13.8. The Morgan fingerprint density at radius 1 is 1.00 bits per heavy atom. The van der Waals surface area contributed by atoms with Gasteiger partial charge in [0.2, 0.25) is 0 Å². The van der Waals surface area contributed by atoms with Gasteiger partial charge in [0.1, 0.15) is 5.75 Å². The molecule has 0 bridgehead atoms. The molecule has 8 heteroatoms. The van der Waals surface area contributed by atoms with Gasteiger partial charge in [-0.15, -0.1) is 0 Å². The van der Waals surface area contributed by atoms with Gasteiger partial charge in [-0.25, -0.2) is 8.42 Å². The van der Waals surface area contributed by atoms with Crippen molar-refractivity contribution in [3.63, 3.8) is 0 Å². The fraction of sp³-hybridized carbons (Fsp3) is 0.0952. The summed E-state index contributed by atoms with van der Waals surface area (Å²) in [5.74, 6) is 0.166. The van der Waals surface area contributed by atoms with Crippen LogP contribution in [0.3, 0.4) is 0 Å². The summed E-state index contributed by atoms with van der Waals surface area (Å²) in [5, 5.41) is 3.10. The van der Waals surface area contributed by atoms with Crippen molar-refractivity contribution >= 4 is 38.9 Å². The molecule has 0 heterocycles. The number of anilines is 2. The molecule has 0 radical (unpaired) electrons. The molecule has 6 nitrogen and oxygen atoms in total. The molecule has 0 saturated heterocycles. The third-order valence-electron chi connectivity index (χ3n) is 4.23. The highest BCUT2D eigenvalue weighted by atomic mass is 35.5. The van der Waals surface area contributed by atoms with Gasteiger partial charge in [0.15, 0.2) is 0 Å². The lowest BCUT2D eigenvalue weighted by Gasteiger charge is -2.12. The smallest absolute Gasteiger partial charge is 0.261 e. The molecule has 3 rings (SSSR count). The number of nitrogens with one attached hydrogen (secondary N) is 2. The van der Waals surface area contributed by atoms with Crippen LogP contribution >= 0.6 is 11.6 Å². The molecule has 0 fully saturated rings. The number of para-hydroxylation sites is 1. The predicted molar refractivity (Wildman–Crippen MR) is 114 cm³/mol. The summed E-state index contributed by atoms with van der Waals surface area (Å²) in [6, 6.07) is 17.7. The van der Waals surface area contributed by atoms with Crippen LogP contribution in [0.4, 0.5) is 11.4 Å². The Labute approximate surface area is 174 Å². The molecule has 1 amide bonds. The number of carbonyl (C=O) groups excluding carboxylic acids is 1. The van der Waals surface area contributed by atoms with E-state index in [9.17, 15) is 13.2 Å². The van der Waals surface area contributed by atoms with Crippen molar-refractivity contribution in [2.75, 3.05) is 17.1 Å². The monoisotopic (exact) mass is 430 g/mol. The maximum atomic E-state index is 12.8. The SMILES string of the molecule is COc1ccc(NS(=O)(=O)c2ccc(C)c(C(=O)Nc3ccccc3Cl)c2)cc1. The standard InChI is InChI=1S/C21H19ClN2O4S/c1-14-7-12-17(29(26,27)24-15-8-10-16(28-2)11-9-15)13-18(14)21(25)23-20-6-4-3-5-19(20)22/h3-13,24H,1-2H3,(H,23,25). The number of benzene rings is 3. The van der Waals surface area contributed by atoms with Crippen molar-refractivity contribution in [1.82, 2.24) is 0 Å². The summed E-state index contributed by atoms with van der Waals surface area (Å²) < 4.78 is 33.1. The number of aryl methyl sites for hydroxylation is 1. The molecule has 150 valence electrons. The normalized spacial score (nSPS) is 11.0. The minimum atomic E-state index is -3.88. The number of hydrogen-bond donors (Lipinski definition) is 2. The van der Waals surface area contributed by atoms with E-state index in [1.165, 1.54) is 19.2 Å². The van der Waals surface area contributed by atoms with Crippen molar-refractivity contribution in [2.45, 2.75) is 11.8 Å². The molecule has 29 heavy (non-hydrogen) atoms. The Balaban J connectivity index is 1.87. The van der Waals surface area contributed by atoms with Crippen LogP contribution in [0.25, 0.3) is 0 Å². The van der Waals surface area contributed by atoms with Crippen LogP contribution in [0.2, 0.25) is 5.02 Å². The second kappa shape index (κ2) is 8.55. The number of sulfonamides is 1. The lowest BCUT2D eigenvalue weighted by molar-refractivity contribution is 0.102. The van der Waals surface area contributed by atoms with Crippen molar-refractivity contribution in [2.24, 2.45) is 0 Å². The Hall–Kier alpha value is -3.03. The van der Waals surface area contributed by atoms with E-state index in [1.54, 1.807) is 61.5 Å². The molecule has 0 aromatic heterocycles. The summed E-state index contributed by atoms with van der Waals surface area (Å²) in [5.41, 5.74) is 1.71. The van der Waals surface area contributed by atoms with E-state index < -0.39 is 15.9 Å². The molecule has 3 aromatic rings. The fourth-order valence-corrected chi connectivity index (χ4v) is 3.91. The third kappa shape index (κ3) is 4.88. The first kappa shape index (κ1) is 20.7. The molecule has 0 saturated carbocycles. The quantitative estimate of drug-likeness (QED) is 0.593. The van der Waals surface area contributed by atoms with Crippen LogP contribution in [0.15, 0.2) is 71.6 Å². The zero-order valence-corrected chi connectivity index (χ0v) is 17.3. The predicted octanol–water partition coefficient (Wildman–Crippen LogP) is 4.71. The molecule has 2 N–H and O–H groups in total. The van der Waals surface area contributed by atoms with Crippen molar-refractivity contribution in [1.29, 1.82) is 0 Å². The van der Waals surface area contributed by atoms with E-state index >= 15 is 0 Å². The van der Waals surface area contributed by atoms with Crippen LogP contribution in [0, 0.1) is 6.92 Å². The van der Waals surface area contributed by atoms with Gasteiger partial charge in [-0.05, 0) is 61.0 Å². The number of methoxy groups -OCH3 is 1. The molecule has 0 aliphatic rings. The topological polar surface area (TPSA) is 84.5 Å². The number of halogens is 1. The molecular weight excluding hydrogens is 412 g/mol. The number of amides is 1. The van der Waals surface area contributed by atoms with Gasteiger partial charge >= 0.3 is 0 Å². The van der Waals surface area contributed by atoms with Crippen LogP contribution in [0.1, 0.15) is 15.9 Å².